The molecule has 9 heteroatoms. The number of rotatable bonds is 2. The topological polar surface area (TPSA) is 56.9 Å². The quantitative estimate of drug-likeness (QED) is 0.666. The van der Waals surface area contributed by atoms with E-state index in [2.05, 4.69) is 5.10 Å². The molecular formula is C18H13ClF3N3O2. The molecule has 0 aliphatic carbocycles. The van der Waals surface area contributed by atoms with E-state index >= 15 is 0 Å². The summed E-state index contributed by atoms with van der Waals surface area (Å²) >= 11 is 6.01. The molecule has 0 aliphatic rings. The standard InChI is InChI=1S/C18H13ClF3N3O2/c1-10-5-3-4-6-11(10)14-12(18(20,21)22)7-8-25(16(14)26)13-9-23-24(2)17(27)15(13)19/h3-9H,1-2H3. The average molecular weight is 396 g/mol. The van der Waals surface area contributed by atoms with Gasteiger partial charge in [0.1, 0.15) is 5.02 Å². The third-order valence-corrected chi connectivity index (χ3v) is 4.49. The van der Waals surface area contributed by atoms with Crippen LogP contribution in [0.15, 0.2) is 52.3 Å². The summed E-state index contributed by atoms with van der Waals surface area (Å²) < 4.78 is 42.5. The highest BCUT2D eigenvalue weighted by Gasteiger charge is 2.36. The first kappa shape index (κ1) is 18.9. The molecule has 27 heavy (non-hydrogen) atoms. The van der Waals surface area contributed by atoms with Gasteiger partial charge in [0.15, 0.2) is 0 Å². The van der Waals surface area contributed by atoms with Crippen molar-refractivity contribution in [3.8, 4) is 16.8 Å². The monoisotopic (exact) mass is 395 g/mol. The first-order chi connectivity index (χ1) is 12.6. The van der Waals surface area contributed by atoms with E-state index in [4.69, 9.17) is 11.6 Å². The Morgan fingerprint density at radius 1 is 1.07 bits per heavy atom. The molecule has 0 saturated heterocycles. The number of halogens is 4. The smallest absolute Gasteiger partial charge is 0.280 e. The van der Waals surface area contributed by atoms with Gasteiger partial charge in [-0.1, -0.05) is 35.9 Å². The molecule has 0 aliphatic heterocycles. The van der Waals surface area contributed by atoms with Gasteiger partial charge in [0.25, 0.3) is 11.1 Å². The van der Waals surface area contributed by atoms with Crippen molar-refractivity contribution in [2.24, 2.45) is 7.05 Å². The lowest BCUT2D eigenvalue weighted by Crippen LogP contribution is -2.28. The average Bonchev–Trinajstić information content (AvgIpc) is 2.60. The van der Waals surface area contributed by atoms with Crippen molar-refractivity contribution in [3.05, 3.63) is 79.6 Å². The third kappa shape index (κ3) is 3.28. The Balaban J connectivity index is 2.41. The van der Waals surface area contributed by atoms with Crippen LogP contribution in [-0.2, 0) is 13.2 Å². The zero-order valence-corrected chi connectivity index (χ0v) is 15.0. The van der Waals surface area contributed by atoms with Crippen LogP contribution in [0.2, 0.25) is 5.02 Å². The second-order valence-corrected chi connectivity index (χ2v) is 6.24. The number of pyridine rings is 1. The van der Waals surface area contributed by atoms with E-state index in [-0.39, 0.29) is 16.3 Å². The number of nitrogens with zero attached hydrogens (tertiary/aromatic N) is 3. The van der Waals surface area contributed by atoms with E-state index in [1.807, 2.05) is 0 Å². The lowest BCUT2D eigenvalue weighted by atomic mass is 9.97. The van der Waals surface area contributed by atoms with E-state index in [0.717, 1.165) is 27.7 Å². The fourth-order valence-electron chi connectivity index (χ4n) is 2.75. The Morgan fingerprint density at radius 2 is 1.74 bits per heavy atom. The first-order valence-electron chi connectivity index (χ1n) is 7.74. The fraction of sp³-hybridized carbons (Fsp3) is 0.167. The summed E-state index contributed by atoms with van der Waals surface area (Å²) in [5.74, 6) is 0. The van der Waals surface area contributed by atoms with E-state index < -0.39 is 28.4 Å². The van der Waals surface area contributed by atoms with Crippen LogP contribution in [0.1, 0.15) is 11.1 Å². The Bertz CT molecular complexity index is 1150. The molecule has 0 unspecified atom stereocenters. The maximum atomic E-state index is 13.5. The lowest BCUT2D eigenvalue weighted by molar-refractivity contribution is -0.137. The molecule has 2 heterocycles. The minimum Gasteiger partial charge on any atom is -0.280 e. The van der Waals surface area contributed by atoms with Crippen molar-refractivity contribution < 1.29 is 13.2 Å². The van der Waals surface area contributed by atoms with Crippen molar-refractivity contribution in [3.63, 3.8) is 0 Å². The number of aryl methyl sites for hydroxylation is 2. The molecule has 0 atom stereocenters. The van der Waals surface area contributed by atoms with Gasteiger partial charge in [-0.2, -0.15) is 18.3 Å². The van der Waals surface area contributed by atoms with E-state index in [1.54, 1.807) is 25.1 Å². The summed E-state index contributed by atoms with van der Waals surface area (Å²) in [6.07, 6.45) is -2.64. The van der Waals surface area contributed by atoms with E-state index in [0.29, 0.717) is 5.56 Å². The van der Waals surface area contributed by atoms with Gasteiger partial charge in [0, 0.05) is 13.2 Å². The second-order valence-electron chi connectivity index (χ2n) is 5.86. The number of benzene rings is 1. The number of aromatic nitrogens is 3. The molecule has 0 saturated carbocycles. The molecular weight excluding hydrogens is 383 g/mol. The van der Waals surface area contributed by atoms with Gasteiger partial charge in [-0.25, -0.2) is 4.68 Å². The number of hydrogen-bond acceptors (Lipinski definition) is 3. The normalized spacial score (nSPS) is 11.6. The van der Waals surface area contributed by atoms with Crippen molar-refractivity contribution >= 4 is 11.6 Å². The third-order valence-electron chi connectivity index (χ3n) is 4.13. The molecule has 0 radical (unpaired) electrons. The zero-order chi connectivity index (χ0) is 19.9. The SMILES string of the molecule is Cc1ccccc1-c1c(C(F)(F)F)ccn(-c2cnn(C)c(=O)c2Cl)c1=O. The Labute approximate surface area is 156 Å². The molecule has 3 rings (SSSR count). The van der Waals surface area contributed by atoms with E-state index in [9.17, 15) is 22.8 Å². The largest absolute Gasteiger partial charge is 0.417 e. The van der Waals surface area contributed by atoms with Crippen LogP contribution in [-0.4, -0.2) is 14.3 Å². The maximum absolute atomic E-state index is 13.5. The van der Waals surface area contributed by atoms with Crippen molar-refractivity contribution in [1.82, 2.24) is 14.3 Å². The lowest BCUT2D eigenvalue weighted by Gasteiger charge is -2.17. The summed E-state index contributed by atoms with van der Waals surface area (Å²) in [4.78, 5) is 25.0. The van der Waals surface area contributed by atoms with Gasteiger partial charge in [0.2, 0.25) is 0 Å². The summed E-state index contributed by atoms with van der Waals surface area (Å²) in [7, 11) is 1.37. The number of hydrogen-bond donors (Lipinski definition) is 0. The molecule has 0 spiro atoms. The van der Waals surface area contributed by atoms with Gasteiger partial charge in [0.05, 0.1) is 23.0 Å². The van der Waals surface area contributed by atoms with Crippen LogP contribution in [0.3, 0.4) is 0 Å². The predicted octanol–water partition coefficient (Wildman–Crippen LogP) is 3.58. The van der Waals surface area contributed by atoms with Crippen molar-refractivity contribution in [1.29, 1.82) is 0 Å². The Morgan fingerprint density at radius 3 is 2.37 bits per heavy atom. The highest BCUT2D eigenvalue weighted by Crippen LogP contribution is 2.36. The predicted molar refractivity (Wildman–Crippen MR) is 95.3 cm³/mol. The summed E-state index contributed by atoms with van der Waals surface area (Å²) in [5.41, 5.74) is -2.63. The molecule has 5 nitrogen and oxygen atoms in total. The minimum absolute atomic E-state index is 0.0895. The molecule has 0 bridgehead atoms. The Hall–Kier alpha value is -2.87. The first-order valence-corrected chi connectivity index (χ1v) is 8.11. The van der Waals surface area contributed by atoms with E-state index in [1.165, 1.54) is 13.1 Å². The number of alkyl halides is 3. The molecule has 140 valence electrons. The fourth-order valence-corrected chi connectivity index (χ4v) is 3.01. The molecule has 0 N–H and O–H groups in total. The van der Waals surface area contributed by atoms with Gasteiger partial charge in [-0.05, 0) is 24.1 Å². The van der Waals surface area contributed by atoms with Crippen LogP contribution in [0.25, 0.3) is 16.8 Å². The van der Waals surface area contributed by atoms with Crippen molar-refractivity contribution in [2.75, 3.05) is 0 Å². The molecule has 0 fully saturated rings. The van der Waals surface area contributed by atoms with Gasteiger partial charge < -0.3 is 0 Å². The summed E-state index contributed by atoms with van der Waals surface area (Å²) in [6, 6.07) is 7.05. The highest BCUT2D eigenvalue weighted by atomic mass is 35.5. The van der Waals surface area contributed by atoms with Gasteiger partial charge >= 0.3 is 6.18 Å². The van der Waals surface area contributed by atoms with Crippen LogP contribution in [0.4, 0.5) is 13.2 Å². The zero-order valence-electron chi connectivity index (χ0n) is 14.2. The minimum atomic E-state index is -4.73. The van der Waals surface area contributed by atoms with Crippen LogP contribution >= 0.6 is 11.6 Å². The van der Waals surface area contributed by atoms with Gasteiger partial charge in [-0.15, -0.1) is 0 Å². The molecule has 0 amide bonds. The molecule has 3 aromatic rings. The van der Waals surface area contributed by atoms with Crippen LogP contribution in [0.5, 0.6) is 0 Å². The summed E-state index contributed by atoms with van der Waals surface area (Å²) in [5, 5.41) is 3.47. The van der Waals surface area contributed by atoms with Crippen molar-refractivity contribution in [2.45, 2.75) is 13.1 Å². The van der Waals surface area contributed by atoms with Crippen LogP contribution in [0, 0.1) is 6.92 Å². The molecule has 2 aromatic heterocycles. The highest BCUT2D eigenvalue weighted by molar-refractivity contribution is 6.32. The van der Waals surface area contributed by atoms with Crippen LogP contribution < -0.4 is 11.1 Å². The Kier molecular flexibility index (Phi) is 4.69. The summed E-state index contributed by atoms with van der Waals surface area (Å²) in [6.45, 7) is 1.61. The molecule has 1 aromatic carbocycles. The maximum Gasteiger partial charge on any atom is 0.417 e. The van der Waals surface area contributed by atoms with Gasteiger partial charge in [-0.3, -0.25) is 14.2 Å². The second kappa shape index (κ2) is 6.70.